The van der Waals surface area contributed by atoms with Gasteiger partial charge in [0.1, 0.15) is 0 Å². The lowest BCUT2D eigenvalue weighted by molar-refractivity contribution is 0.112. The Bertz CT molecular complexity index is 586. The fraction of sp³-hybridized carbons (Fsp3) is 0.286. The van der Waals surface area contributed by atoms with Crippen molar-refractivity contribution in [2.75, 3.05) is 13.2 Å². The molecule has 1 aromatic heterocycles. The number of rotatable bonds is 3. The van der Waals surface area contributed by atoms with E-state index in [1.165, 1.54) is 0 Å². The van der Waals surface area contributed by atoms with Crippen LogP contribution in [0.2, 0.25) is 5.02 Å². The van der Waals surface area contributed by atoms with Gasteiger partial charge >= 0.3 is 0 Å². The summed E-state index contributed by atoms with van der Waals surface area (Å²) in [5.41, 5.74) is 2.34. The Hall–Kier alpha value is -1.65. The minimum atomic E-state index is 0.216. The summed E-state index contributed by atoms with van der Waals surface area (Å²) < 4.78 is 7.08. The van der Waals surface area contributed by atoms with Gasteiger partial charge in [0.05, 0.1) is 23.6 Å². The third kappa shape index (κ3) is 2.41. The van der Waals surface area contributed by atoms with Gasteiger partial charge in [0.2, 0.25) is 0 Å². The number of halogens is 1. The van der Waals surface area contributed by atoms with E-state index in [2.05, 4.69) is 5.10 Å². The number of aromatic nitrogens is 2. The Morgan fingerprint density at radius 1 is 1.37 bits per heavy atom. The maximum atomic E-state index is 11.2. The molecular weight excluding hydrogens is 264 g/mol. The normalized spacial score (nSPS) is 18.7. The van der Waals surface area contributed by atoms with E-state index >= 15 is 0 Å². The zero-order valence-electron chi connectivity index (χ0n) is 10.3. The van der Waals surface area contributed by atoms with Crippen LogP contribution in [-0.4, -0.2) is 29.3 Å². The largest absolute Gasteiger partial charge is 0.381 e. The van der Waals surface area contributed by atoms with Gasteiger partial charge in [-0.3, -0.25) is 4.79 Å². The van der Waals surface area contributed by atoms with Crippen molar-refractivity contribution in [3.63, 3.8) is 0 Å². The molecule has 1 atom stereocenters. The summed E-state index contributed by atoms with van der Waals surface area (Å²) in [6, 6.07) is 7.35. The minimum absolute atomic E-state index is 0.216. The van der Waals surface area contributed by atoms with Crippen LogP contribution in [0.1, 0.15) is 28.4 Å². The molecule has 5 heteroatoms. The third-order valence-corrected chi connectivity index (χ3v) is 3.56. The van der Waals surface area contributed by atoms with E-state index in [0.29, 0.717) is 17.2 Å². The maximum absolute atomic E-state index is 11.2. The summed E-state index contributed by atoms with van der Waals surface area (Å²) in [5.74, 6) is 0.216. The molecule has 0 bridgehead atoms. The Balaban J connectivity index is 1.98. The van der Waals surface area contributed by atoms with Crippen molar-refractivity contribution >= 4 is 17.9 Å². The van der Waals surface area contributed by atoms with Crippen LogP contribution in [0.3, 0.4) is 0 Å². The monoisotopic (exact) mass is 276 g/mol. The molecule has 1 saturated heterocycles. The second kappa shape index (κ2) is 5.15. The molecule has 1 aliphatic heterocycles. The quantitative estimate of drug-likeness (QED) is 0.810. The van der Waals surface area contributed by atoms with Crippen molar-refractivity contribution in [1.29, 1.82) is 0 Å². The summed E-state index contributed by atoms with van der Waals surface area (Å²) in [5, 5.41) is 5.20. The van der Waals surface area contributed by atoms with Crippen LogP contribution in [0.25, 0.3) is 5.69 Å². The second-order valence-corrected chi connectivity index (χ2v) is 5.01. The molecule has 0 amide bonds. The molecule has 0 N–H and O–H groups in total. The molecule has 1 aliphatic rings. The van der Waals surface area contributed by atoms with Crippen LogP contribution < -0.4 is 0 Å². The van der Waals surface area contributed by atoms with Gasteiger partial charge in [-0.25, -0.2) is 4.68 Å². The molecule has 2 heterocycles. The third-order valence-electron chi connectivity index (χ3n) is 3.31. The van der Waals surface area contributed by atoms with Crippen LogP contribution in [0.15, 0.2) is 30.5 Å². The first kappa shape index (κ1) is 12.4. The average Bonchev–Trinajstić information content (AvgIpc) is 3.08. The summed E-state index contributed by atoms with van der Waals surface area (Å²) in [6.07, 6.45) is 3.52. The lowest BCUT2D eigenvalue weighted by Gasteiger charge is -2.04. The molecule has 1 fully saturated rings. The van der Waals surface area contributed by atoms with Crippen LogP contribution in [-0.2, 0) is 4.74 Å². The van der Waals surface area contributed by atoms with E-state index in [0.717, 1.165) is 30.7 Å². The van der Waals surface area contributed by atoms with E-state index in [4.69, 9.17) is 16.3 Å². The van der Waals surface area contributed by atoms with Crippen molar-refractivity contribution < 1.29 is 9.53 Å². The summed E-state index contributed by atoms with van der Waals surface area (Å²) >= 11 is 5.86. The first-order valence-electron chi connectivity index (χ1n) is 6.16. The molecule has 4 nitrogen and oxygen atoms in total. The fourth-order valence-electron chi connectivity index (χ4n) is 2.28. The van der Waals surface area contributed by atoms with Crippen LogP contribution >= 0.6 is 11.6 Å². The van der Waals surface area contributed by atoms with E-state index in [1.54, 1.807) is 23.0 Å². The Kier molecular flexibility index (Phi) is 3.36. The molecule has 98 valence electrons. The van der Waals surface area contributed by atoms with Gasteiger partial charge in [0, 0.05) is 23.7 Å². The molecule has 0 aliphatic carbocycles. The molecule has 0 spiro atoms. The summed E-state index contributed by atoms with van der Waals surface area (Å²) in [6.45, 7) is 1.37. The zero-order chi connectivity index (χ0) is 13.2. The molecule has 1 unspecified atom stereocenters. The molecule has 0 radical (unpaired) electrons. The van der Waals surface area contributed by atoms with Gasteiger partial charge < -0.3 is 4.74 Å². The highest BCUT2D eigenvalue weighted by Crippen LogP contribution is 2.27. The van der Waals surface area contributed by atoms with Gasteiger partial charge in [-0.05, 0) is 30.7 Å². The van der Waals surface area contributed by atoms with Crippen molar-refractivity contribution in [1.82, 2.24) is 9.78 Å². The number of carbonyl (C=O) groups excluding carboxylic acids is 1. The van der Waals surface area contributed by atoms with E-state index in [-0.39, 0.29) is 5.92 Å². The van der Waals surface area contributed by atoms with Gasteiger partial charge in [-0.2, -0.15) is 5.10 Å². The SMILES string of the molecule is O=Cc1cn(-c2ccc(Cl)cc2)nc1C1CCOC1. The van der Waals surface area contributed by atoms with Gasteiger partial charge in [-0.1, -0.05) is 11.6 Å². The Morgan fingerprint density at radius 3 is 2.79 bits per heavy atom. The van der Waals surface area contributed by atoms with E-state index < -0.39 is 0 Å². The van der Waals surface area contributed by atoms with Crippen molar-refractivity contribution in [3.8, 4) is 5.69 Å². The van der Waals surface area contributed by atoms with E-state index in [9.17, 15) is 4.79 Å². The second-order valence-electron chi connectivity index (χ2n) is 4.57. The predicted molar refractivity (Wildman–Crippen MR) is 72.1 cm³/mol. The molecule has 2 aromatic rings. The lowest BCUT2D eigenvalue weighted by Crippen LogP contribution is -2.03. The van der Waals surface area contributed by atoms with Crippen molar-refractivity contribution in [3.05, 3.63) is 46.7 Å². The van der Waals surface area contributed by atoms with Crippen molar-refractivity contribution in [2.24, 2.45) is 0 Å². The van der Waals surface area contributed by atoms with Crippen LogP contribution in [0.4, 0.5) is 0 Å². The number of hydrogen-bond donors (Lipinski definition) is 0. The summed E-state index contributed by atoms with van der Waals surface area (Å²) in [4.78, 5) is 11.2. The lowest BCUT2D eigenvalue weighted by atomic mass is 10.0. The first-order valence-corrected chi connectivity index (χ1v) is 6.54. The zero-order valence-corrected chi connectivity index (χ0v) is 11.0. The van der Waals surface area contributed by atoms with E-state index in [1.807, 2.05) is 12.1 Å². The molecule has 1 aromatic carbocycles. The fourth-order valence-corrected chi connectivity index (χ4v) is 2.41. The standard InChI is InChI=1S/C14H13ClN2O2/c15-12-1-3-13(4-2-12)17-7-11(8-18)14(16-17)10-5-6-19-9-10/h1-4,7-8,10H,5-6,9H2. The highest BCUT2D eigenvalue weighted by atomic mass is 35.5. The number of nitrogens with zero attached hydrogens (tertiary/aromatic N) is 2. The topological polar surface area (TPSA) is 44.1 Å². The number of carbonyl (C=O) groups is 1. The smallest absolute Gasteiger partial charge is 0.153 e. The van der Waals surface area contributed by atoms with Crippen molar-refractivity contribution in [2.45, 2.75) is 12.3 Å². The first-order chi connectivity index (χ1) is 9.28. The maximum Gasteiger partial charge on any atom is 0.153 e. The average molecular weight is 277 g/mol. The number of aldehydes is 1. The van der Waals surface area contributed by atoms with Gasteiger partial charge in [0.25, 0.3) is 0 Å². The molecule has 3 rings (SSSR count). The molecule has 0 saturated carbocycles. The van der Waals surface area contributed by atoms with Gasteiger partial charge in [-0.15, -0.1) is 0 Å². The van der Waals surface area contributed by atoms with Gasteiger partial charge in [0.15, 0.2) is 6.29 Å². The minimum Gasteiger partial charge on any atom is -0.381 e. The Morgan fingerprint density at radius 2 is 2.16 bits per heavy atom. The molecular formula is C14H13ClN2O2. The van der Waals surface area contributed by atoms with Crippen LogP contribution in [0.5, 0.6) is 0 Å². The number of hydrogen-bond acceptors (Lipinski definition) is 3. The summed E-state index contributed by atoms with van der Waals surface area (Å²) in [7, 11) is 0. The van der Waals surface area contributed by atoms with Crippen LogP contribution in [0, 0.1) is 0 Å². The highest BCUT2D eigenvalue weighted by Gasteiger charge is 2.24. The predicted octanol–water partition coefficient (Wildman–Crippen LogP) is 2.84. The molecule has 19 heavy (non-hydrogen) atoms. The Labute approximate surface area is 115 Å². The number of benzene rings is 1. The number of ether oxygens (including phenoxy) is 1. The highest BCUT2D eigenvalue weighted by molar-refractivity contribution is 6.30.